The van der Waals surface area contributed by atoms with E-state index in [0.29, 0.717) is 16.6 Å². The fourth-order valence-electron chi connectivity index (χ4n) is 1.31. The fourth-order valence-corrected chi connectivity index (χ4v) is 1.53. The van der Waals surface area contributed by atoms with Gasteiger partial charge in [0.2, 0.25) is 0 Å². The highest BCUT2D eigenvalue weighted by atomic mass is 35.5. The maximum atomic E-state index is 13.5. The Morgan fingerprint density at radius 1 is 1.50 bits per heavy atom. The third kappa shape index (κ3) is 3.95. The molecular weight excluding hydrogens is 225 g/mol. The van der Waals surface area contributed by atoms with Crippen LogP contribution in [0, 0.1) is 5.82 Å². The third-order valence-electron chi connectivity index (χ3n) is 2.18. The van der Waals surface area contributed by atoms with Crippen LogP contribution in [0.5, 0.6) is 0 Å². The lowest BCUT2D eigenvalue weighted by Crippen LogP contribution is -2.24. The number of halogens is 2. The van der Waals surface area contributed by atoms with Crippen LogP contribution in [0.3, 0.4) is 0 Å². The van der Waals surface area contributed by atoms with Crippen molar-refractivity contribution in [3.05, 3.63) is 40.2 Å². The quantitative estimate of drug-likeness (QED) is 0.844. The zero-order chi connectivity index (χ0) is 12.1. The van der Waals surface area contributed by atoms with Crippen LogP contribution < -0.4 is 5.32 Å². The van der Waals surface area contributed by atoms with Gasteiger partial charge < -0.3 is 5.32 Å². The molecule has 16 heavy (non-hydrogen) atoms. The second-order valence-electron chi connectivity index (χ2n) is 4.16. The van der Waals surface area contributed by atoms with E-state index >= 15 is 0 Å². The normalized spacial score (nSPS) is 12.2. The van der Waals surface area contributed by atoms with Crippen molar-refractivity contribution in [1.82, 2.24) is 5.32 Å². The van der Waals surface area contributed by atoms with E-state index in [1.807, 2.05) is 6.92 Å². The molecule has 0 saturated heterocycles. The molecule has 1 N–H and O–H groups in total. The summed E-state index contributed by atoms with van der Waals surface area (Å²) in [6.45, 7) is 6.84. The number of hydrogen-bond acceptors (Lipinski definition) is 1. The van der Waals surface area contributed by atoms with Crippen LogP contribution >= 0.6 is 11.6 Å². The minimum Gasteiger partial charge on any atom is -0.311 e. The summed E-state index contributed by atoms with van der Waals surface area (Å²) in [5.74, 6) is -0.281. The first kappa shape index (κ1) is 13.2. The molecule has 0 bridgehead atoms. The Bertz CT molecular complexity index is 365. The van der Waals surface area contributed by atoms with Crippen LogP contribution in [-0.2, 0) is 0 Å². The first-order chi connectivity index (χ1) is 7.50. The van der Waals surface area contributed by atoms with Gasteiger partial charge in [-0.15, -0.1) is 0 Å². The highest BCUT2D eigenvalue weighted by molar-refractivity contribution is 6.32. The molecule has 1 aromatic carbocycles. The first-order valence-electron chi connectivity index (χ1n) is 5.35. The lowest BCUT2D eigenvalue weighted by Gasteiger charge is -2.08. The predicted molar refractivity (Wildman–Crippen MR) is 68.2 cm³/mol. The van der Waals surface area contributed by atoms with Gasteiger partial charge in [-0.25, -0.2) is 4.39 Å². The molecule has 0 saturated carbocycles. The van der Waals surface area contributed by atoms with Crippen LogP contribution in [0.1, 0.15) is 26.3 Å². The predicted octanol–water partition coefficient (Wildman–Crippen LogP) is 3.88. The molecule has 88 valence electrons. The largest absolute Gasteiger partial charge is 0.311 e. The van der Waals surface area contributed by atoms with E-state index in [1.54, 1.807) is 18.2 Å². The Labute approximate surface area is 101 Å². The van der Waals surface area contributed by atoms with Crippen molar-refractivity contribution in [2.75, 3.05) is 6.54 Å². The number of rotatable bonds is 4. The molecule has 0 unspecified atom stereocenters. The molecule has 0 aliphatic carbocycles. The molecule has 0 fully saturated rings. The molecule has 0 atom stereocenters. The summed E-state index contributed by atoms with van der Waals surface area (Å²) in [4.78, 5) is 0. The minimum absolute atomic E-state index is 0.281. The summed E-state index contributed by atoms with van der Waals surface area (Å²) in [7, 11) is 0. The number of benzene rings is 1. The highest BCUT2D eigenvalue weighted by Crippen LogP contribution is 2.21. The third-order valence-corrected chi connectivity index (χ3v) is 2.51. The topological polar surface area (TPSA) is 12.0 Å². The van der Waals surface area contributed by atoms with Crippen molar-refractivity contribution in [2.45, 2.75) is 26.8 Å². The zero-order valence-corrected chi connectivity index (χ0v) is 10.6. The van der Waals surface area contributed by atoms with E-state index in [1.165, 1.54) is 6.07 Å². The molecule has 3 heteroatoms. The van der Waals surface area contributed by atoms with Crippen molar-refractivity contribution in [3.8, 4) is 0 Å². The average Bonchev–Trinajstić information content (AvgIpc) is 2.21. The van der Waals surface area contributed by atoms with E-state index in [-0.39, 0.29) is 5.82 Å². The van der Waals surface area contributed by atoms with E-state index < -0.39 is 0 Å². The maximum absolute atomic E-state index is 13.5. The van der Waals surface area contributed by atoms with Crippen molar-refractivity contribution < 1.29 is 4.39 Å². The molecule has 0 spiro atoms. The summed E-state index contributed by atoms with van der Waals surface area (Å²) in [5, 5.41) is 3.72. The van der Waals surface area contributed by atoms with E-state index in [0.717, 1.165) is 12.1 Å². The number of hydrogen-bond donors (Lipinski definition) is 1. The van der Waals surface area contributed by atoms with Gasteiger partial charge >= 0.3 is 0 Å². The molecule has 0 aliphatic heterocycles. The van der Waals surface area contributed by atoms with Crippen LogP contribution in [0.25, 0.3) is 6.08 Å². The molecule has 0 heterocycles. The molecule has 0 aromatic heterocycles. The molecular formula is C13H17ClFN. The first-order valence-corrected chi connectivity index (χ1v) is 5.73. The van der Waals surface area contributed by atoms with E-state index in [2.05, 4.69) is 19.2 Å². The summed E-state index contributed by atoms with van der Waals surface area (Å²) in [6.07, 6.45) is 1.78. The van der Waals surface area contributed by atoms with Crippen molar-refractivity contribution >= 4 is 17.7 Å². The van der Waals surface area contributed by atoms with Gasteiger partial charge in [0, 0.05) is 18.2 Å². The van der Waals surface area contributed by atoms with Crippen molar-refractivity contribution in [3.63, 3.8) is 0 Å². The standard InChI is InChI=1S/C13H17ClFN/c1-9(2)16-8-10(3)7-11-12(14)5-4-6-13(11)15/h4-7,9,16H,8H2,1-3H3. The summed E-state index contributed by atoms with van der Waals surface area (Å²) < 4.78 is 13.5. The molecule has 1 nitrogen and oxygen atoms in total. The molecule has 1 rings (SSSR count). The lowest BCUT2D eigenvalue weighted by atomic mass is 10.1. The summed E-state index contributed by atoms with van der Waals surface area (Å²) in [5.41, 5.74) is 1.52. The maximum Gasteiger partial charge on any atom is 0.131 e. The van der Waals surface area contributed by atoms with Gasteiger partial charge in [-0.1, -0.05) is 43.2 Å². The van der Waals surface area contributed by atoms with E-state index in [9.17, 15) is 4.39 Å². The zero-order valence-electron chi connectivity index (χ0n) is 9.85. The number of nitrogens with one attached hydrogen (secondary N) is 1. The van der Waals surface area contributed by atoms with Gasteiger partial charge in [-0.3, -0.25) is 0 Å². The Morgan fingerprint density at radius 2 is 2.19 bits per heavy atom. The van der Waals surface area contributed by atoms with Gasteiger partial charge in [-0.05, 0) is 19.1 Å². The van der Waals surface area contributed by atoms with Gasteiger partial charge in [0.1, 0.15) is 5.82 Å². The highest BCUT2D eigenvalue weighted by Gasteiger charge is 2.04. The molecule has 0 amide bonds. The molecule has 1 aromatic rings. The van der Waals surface area contributed by atoms with E-state index in [4.69, 9.17) is 11.6 Å². The average molecular weight is 242 g/mol. The Morgan fingerprint density at radius 3 is 2.75 bits per heavy atom. The van der Waals surface area contributed by atoms with Crippen molar-refractivity contribution in [1.29, 1.82) is 0 Å². The monoisotopic (exact) mass is 241 g/mol. The van der Waals surface area contributed by atoms with Crippen molar-refractivity contribution in [2.24, 2.45) is 0 Å². The summed E-state index contributed by atoms with van der Waals surface area (Å²) in [6, 6.07) is 5.14. The smallest absolute Gasteiger partial charge is 0.131 e. The van der Waals surface area contributed by atoms with Gasteiger partial charge in [-0.2, -0.15) is 0 Å². The second-order valence-corrected chi connectivity index (χ2v) is 4.57. The van der Waals surface area contributed by atoms with Gasteiger partial charge in [0.05, 0.1) is 5.02 Å². The summed E-state index contributed by atoms with van der Waals surface area (Å²) >= 11 is 5.93. The van der Waals surface area contributed by atoms with Crippen LogP contribution in [0.15, 0.2) is 23.8 Å². The second kappa shape index (κ2) is 6.02. The van der Waals surface area contributed by atoms with Crippen LogP contribution in [0.2, 0.25) is 5.02 Å². The van der Waals surface area contributed by atoms with Crippen LogP contribution in [-0.4, -0.2) is 12.6 Å². The Hall–Kier alpha value is -0.860. The Kier molecular flexibility index (Phi) is 4.97. The SMILES string of the molecule is CC(=Cc1c(F)cccc1Cl)CNC(C)C. The fraction of sp³-hybridized carbons (Fsp3) is 0.385. The van der Waals surface area contributed by atoms with Gasteiger partial charge in [0.25, 0.3) is 0 Å². The van der Waals surface area contributed by atoms with Gasteiger partial charge in [0.15, 0.2) is 0 Å². The Balaban J connectivity index is 2.81. The molecule has 0 radical (unpaired) electrons. The minimum atomic E-state index is -0.281. The lowest BCUT2D eigenvalue weighted by molar-refractivity contribution is 0.619. The molecule has 0 aliphatic rings. The van der Waals surface area contributed by atoms with Crippen LogP contribution in [0.4, 0.5) is 4.39 Å².